The van der Waals surface area contributed by atoms with E-state index in [2.05, 4.69) is 6.92 Å². The lowest BCUT2D eigenvalue weighted by Crippen LogP contribution is -2.72. The number of hydrogen-bond donors (Lipinski definition) is 5. The molecule has 18 nitrogen and oxygen atoms in total. The summed E-state index contributed by atoms with van der Waals surface area (Å²) in [5, 5.41) is 47.2. The van der Waals surface area contributed by atoms with E-state index in [0.29, 0.717) is 19.3 Å². The van der Waals surface area contributed by atoms with Crippen LogP contribution < -0.4 is 5.73 Å². The second-order valence-corrected chi connectivity index (χ2v) is 21.7. The molecule has 7 fully saturated rings. The number of ether oxygens (including phenoxy) is 11. The monoisotopic (exact) mass is 978 g/mol. The first-order valence-electron chi connectivity index (χ1n) is 25.2. The average Bonchev–Trinajstić information content (AvgIpc) is 3.53. The lowest BCUT2D eigenvalue weighted by Gasteiger charge is -2.66. The highest BCUT2D eigenvalue weighted by molar-refractivity contribution is 5.95. The van der Waals surface area contributed by atoms with Gasteiger partial charge in [-0.1, -0.05) is 26.0 Å². The second-order valence-electron chi connectivity index (χ2n) is 21.7. The summed E-state index contributed by atoms with van der Waals surface area (Å²) >= 11 is 0. The number of aliphatic hydroxyl groups is 4. The summed E-state index contributed by atoms with van der Waals surface area (Å²) in [6.45, 7) is 12.6. The molecule has 4 saturated carbocycles. The minimum Gasteiger partial charge on any atom is -0.462 e. The second kappa shape index (κ2) is 20.4. The van der Waals surface area contributed by atoms with Crippen LogP contribution in [0.1, 0.15) is 123 Å². The summed E-state index contributed by atoms with van der Waals surface area (Å²) < 4.78 is 67.7. The van der Waals surface area contributed by atoms with E-state index < -0.39 is 115 Å². The van der Waals surface area contributed by atoms with Gasteiger partial charge < -0.3 is 78.3 Å². The van der Waals surface area contributed by atoms with Crippen LogP contribution in [-0.4, -0.2) is 163 Å². The van der Waals surface area contributed by atoms with Crippen molar-refractivity contribution in [3.63, 3.8) is 0 Å². The quantitative estimate of drug-likeness (QED) is 0.106. The maximum atomic E-state index is 13.4. The third kappa shape index (κ3) is 9.28. The van der Waals surface area contributed by atoms with Crippen molar-refractivity contribution in [2.24, 2.45) is 28.6 Å². The lowest BCUT2D eigenvalue weighted by molar-refractivity contribution is -0.352. The van der Waals surface area contributed by atoms with E-state index in [4.69, 9.17) is 57.8 Å². The molecule has 18 heteroatoms. The van der Waals surface area contributed by atoms with Crippen LogP contribution in [0.15, 0.2) is 24.3 Å². The Labute approximate surface area is 406 Å². The molecule has 4 aliphatic carbocycles. The molecule has 0 aromatic heterocycles. The van der Waals surface area contributed by atoms with E-state index in [0.717, 1.165) is 32.1 Å². The van der Waals surface area contributed by atoms with Crippen LogP contribution in [0, 0.1) is 28.6 Å². The van der Waals surface area contributed by atoms with Gasteiger partial charge in [0.1, 0.15) is 48.3 Å². The van der Waals surface area contributed by atoms with E-state index in [1.807, 2.05) is 20.8 Å². The molecule has 69 heavy (non-hydrogen) atoms. The normalized spacial score (nSPS) is 48.1. The number of anilines is 1. The highest BCUT2D eigenvalue weighted by atomic mass is 16.8. The minimum atomic E-state index is -1.71. The van der Waals surface area contributed by atoms with Gasteiger partial charge in [0.05, 0.1) is 53.2 Å². The van der Waals surface area contributed by atoms with Crippen LogP contribution in [0.2, 0.25) is 0 Å². The molecule has 0 radical (unpaired) electrons. The van der Waals surface area contributed by atoms with Gasteiger partial charge in [-0.3, -0.25) is 4.79 Å². The molecule has 390 valence electrons. The Morgan fingerprint density at radius 3 is 2.00 bits per heavy atom. The van der Waals surface area contributed by atoms with Crippen molar-refractivity contribution in [1.29, 1.82) is 0 Å². The van der Waals surface area contributed by atoms with E-state index in [1.54, 1.807) is 52.3 Å². The van der Waals surface area contributed by atoms with Crippen LogP contribution in [-0.2, 0) is 56.9 Å². The number of esters is 2. The van der Waals surface area contributed by atoms with E-state index in [-0.39, 0.29) is 59.5 Å². The Kier molecular flexibility index (Phi) is 15.6. The van der Waals surface area contributed by atoms with Crippen molar-refractivity contribution in [3.8, 4) is 0 Å². The fourth-order valence-electron chi connectivity index (χ4n) is 14.3. The fourth-order valence-corrected chi connectivity index (χ4v) is 14.3. The number of hydrogen-bond acceptors (Lipinski definition) is 18. The molecule has 0 unspecified atom stereocenters. The van der Waals surface area contributed by atoms with Gasteiger partial charge in [0.15, 0.2) is 18.9 Å². The molecule has 8 rings (SSSR count). The van der Waals surface area contributed by atoms with Gasteiger partial charge in [-0.15, -0.1) is 0 Å². The van der Waals surface area contributed by atoms with Gasteiger partial charge in [-0.2, -0.15) is 0 Å². The molecule has 0 amide bonds. The zero-order chi connectivity index (χ0) is 50.0. The number of aliphatic hydroxyl groups excluding tert-OH is 2. The average molecular weight is 978 g/mol. The minimum absolute atomic E-state index is 0.0112. The van der Waals surface area contributed by atoms with Gasteiger partial charge in [-0.05, 0) is 114 Å². The largest absolute Gasteiger partial charge is 0.462 e. The van der Waals surface area contributed by atoms with Crippen molar-refractivity contribution in [2.75, 3.05) is 27.1 Å². The fraction of sp³-hybridized carbons (Fsp3) is 0.843. The molecule has 7 aliphatic rings. The summed E-state index contributed by atoms with van der Waals surface area (Å²) in [5.41, 5.74) is 1.87. The van der Waals surface area contributed by atoms with Crippen molar-refractivity contribution in [3.05, 3.63) is 29.8 Å². The molecule has 1 aromatic rings. The molecule has 23 atom stereocenters. The number of carbonyl (C=O) groups is 2. The Hall–Kier alpha value is -2.56. The third-order valence-electron chi connectivity index (χ3n) is 18.3. The summed E-state index contributed by atoms with van der Waals surface area (Å²) in [6, 6.07) is 6.61. The molecule has 1 aromatic carbocycles. The predicted octanol–water partition coefficient (Wildman–Crippen LogP) is 4.18. The highest BCUT2D eigenvalue weighted by Crippen LogP contribution is 2.71. The first kappa shape index (κ1) is 52.8. The summed E-state index contributed by atoms with van der Waals surface area (Å²) in [5.74, 6) is -1.11. The van der Waals surface area contributed by atoms with Crippen molar-refractivity contribution < 1.29 is 82.1 Å². The predicted molar refractivity (Wildman–Crippen MR) is 246 cm³/mol. The van der Waals surface area contributed by atoms with E-state index in [1.165, 1.54) is 14.0 Å². The number of fused-ring (bicyclic) bond motifs is 5. The van der Waals surface area contributed by atoms with Crippen LogP contribution in [0.3, 0.4) is 0 Å². The van der Waals surface area contributed by atoms with Crippen LogP contribution in [0.5, 0.6) is 0 Å². The van der Waals surface area contributed by atoms with E-state index in [9.17, 15) is 30.0 Å². The zero-order valence-electron chi connectivity index (χ0n) is 42.0. The van der Waals surface area contributed by atoms with Gasteiger partial charge in [0, 0.05) is 46.8 Å². The van der Waals surface area contributed by atoms with Gasteiger partial charge in [0.2, 0.25) is 0 Å². The molecule has 0 spiro atoms. The molecule has 3 aliphatic heterocycles. The van der Waals surface area contributed by atoms with Crippen LogP contribution in [0.4, 0.5) is 5.69 Å². The third-order valence-corrected chi connectivity index (χ3v) is 18.3. The summed E-state index contributed by atoms with van der Waals surface area (Å²) in [4.78, 5) is 26.3. The maximum absolute atomic E-state index is 13.4. The first-order valence-corrected chi connectivity index (χ1v) is 25.2. The number of para-hydroxylation sites is 1. The van der Waals surface area contributed by atoms with Crippen molar-refractivity contribution in [1.82, 2.24) is 0 Å². The molecule has 0 bridgehead atoms. The molecular formula is C51H79NO17. The molecule has 3 saturated heterocycles. The Morgan fingerprint density at radius 1 is 0.739 bits per heavy atom. The standard InChI is InChI=1S/C51H79NO17/c1-25-41(54)45(61-10)42(55)47(64-25)69-44-27(3)63-40(24-37(44)60-9)68-43-26(2)62-39(23-36(43)59-8)67-31-17-18-48(6)30(21-31)15-16-33-34(48)22-38(66-29(5)53)49(7)50(57,19-20-51(33,49)58)28(4)65-46(56)32-13-11-12-14-35(32)52/h11-14,25-28,30-31,33-34,36-45,47,54-55,57-58H,15-24,52H2,1-10H3/t25-,26-,27-,28+,30+,31+,33-,34+,36+,37-,38-,39+,40+,41-,42-,43-,44-,45-,47+,48+,49-,50-,51+/m1/s1. The summed E-state index contributed by atoms with van der Waals surface area (Å²) in [6.07, 6.45) is -5.35. The number of rotatable bonds is 13. The molecular weight excluding hydrogens is 899 g/mol. The topological polar surface area (TPSA) is 243 Å². The Morgan fingerprint density at radius 2 is 1.38 bits per heavy atom. The highest BCUT2D eigenvalue weighted by Gasteiger charge is 2.77. The molecule has 6 N–H and O–H groups in total. The summed E-state index contributed by atoms with van der Waals surface area (Å²) in [7, 11) is 4.66. The van der Waals surface area contributed by atoms with Gasteiger partial charge >= 0.3 is 11.9 Å². The Balaban J connectivity index is 0.892. The first-order chi connectivity index (χ1) is 32.6. The molecule has 3 heterocycles. The number of benzene rings is 1. The number of nitrogen functional groups attached to an aromatic ring is 1. The lowest BCUT2D eigenvalue weighted by atomic mass is 9.42. The smallest absolute Gasteiger partial charge is 0.340 e. The van der Waals surface area contributed by atoms with E-state index >= 15 is 0 Å². The Bertz CT molecular complexity index is 1960. The maximum Gasteiger partial charge on any atom is 0.340 e. The van der Waals surface area contributed by atoms with Crippen molar-refractivity contribution in [2.45, 2.75) is 222 Å². The SMILES string of the molecule is CO[C@H]1[C@@H](O)[C@H](O[C@@H]2[C@@H](C)O[C@@H](O[C@H]3[C@@H](OC)C[C@H](O[C@H]4CC[C@@]5(C)[C@@H](CC[C@@H]6[C@@H]5C[C@@H](OC(C)=O)[C@]5(C)[C@](O)([C@H](C)OC(=O)c7ccccc7N)CC[C@]65O)C4)O[C@@H]3C)C[C@H]2OC)O[C@H](C)[C@H]1O. The number of methoxy groups -OCH3 is 3. The van der Waals surface area contributed by atoms with Crippen molar-refractivity contribution >= 4 is 17.6 Å². The van der Waals surface area contributed by atoms with Crippen LogP contribution in [0.25, 0.3) is 0 Å². The van der Waals surface area contributed by atoms with Crippen LogP contribution >= 0.6 is 0 Å². The van der Waals surface area contributed by atoms with Gasteiger partial charge in [-0.25, -0.2) is 4.79 Å². The number of carbonyl (C=O) groups excluding carboxylic acids is 2. The zero-order valence-corrected chi connectivity index (χ0v) is 42.0. The van der Waals surface area contributed by atoms with Gasteiger partial charge in [0.25, 0.3) is 0 Å². The number of nitrogens with two attached hydrogens (primary N) is 1.